The lowest BCUT2D eigenvalue weighted by molar-refractivity contribution is -0.138. The fourth-order valence-electron chi connectivity index (χ4n) is 5.57. The Balaban J connectivity index is 1.74. The number of nitrogens with one attached hydrogen (secondary N) is 4. The molecule has 4 heterocycles. The number of aliphatic carboxylic acids is 2. The van der Waals surface area contributed by atoms with Gasteiger partial charge in [0.15, 0.2) is 0 Å². The number of rotatable bonds is 12. The van der Waals surface area contributed by atoms with Crippen LogP contribution >= 0.6 is 0 Å². The molecule has 2 amide bonds. The molecule has 2 aromatic rings. The average Bonchev–Trinajstić information content (AvgIpc) is 3.59. The second kappa shape index (κ2) is 12.4. The topological polar surface area (TPSA) is 164 Å². The van der Waals surface area contributed by atoms with Crippen LogP contribution in [0.3, 0.4) is 0 Å². The first kappa shape index (κ1) is 30.8. The van der Waals surface area contributed by atoms with Crippen LogP contribution in [0.5, 0.6) is 0 Å². The SMILES string of the molecule is C=CC1=C(C)/C(=C/c2[nH]c(Cc3[nH]c(/C=C4\NC(=O)C(C)=C4CCC(=O)O)c(CCC(=O)O)c3C)c(C)c2C=C)NC1=O. The summed E-state index contributed by atoms with van der Waals surface area (Å²) in [6, 6.07) is 0. The molecular weight excluding hydrogens is 548 g/mol. The Labute approximate surface area is 249 Å². The van der Waals surface area contributed by atoms with Gasteiger partial charge in [0, 0.05) is 70.1 Å². The summed E-state index contributed by atoms with van der Waals surface area (Å²) in [5.74, 6) is -2.37. The van der Waals surface area contributed by atoms with E-state index in [9.17, 15) is 29.4 Å². The van der Waals surface area contributed by atoms with Gasteiger partial charge in [-0.05, 0) is 80.5 Å². The molecule has 0 aromatic carbocycles. The molecule has 0 unspecified atom stereocenters. The molecule has 0 fully saturated rings. The summed E-state index contributed by atoms with van der Waals surface area (Å²) in [6.45, 7) is 15.1. The largest absolute Gasteiger partial charge is 0.481 e. The van der Waals surface area contributed by atoms with Crippen LogP contribution < -0.4 is 10.6 Å². The molecule has 224 valence electrons. The van der Waals surface area contributed by atoms with Crippen molar-refractivity contribution in [2.24, 2.45) is 0 Å². The van der Waals surface area contributed by atoms with Gasteiger partial charge in [0.2, 0.25) is 0 Å². The molecule has 0 saturated carbocycles. The van der Waals surface area contributed by atoms with Crippen LogP contribution in [0.1, 0.15) is 78.1 Å². The van der Waals surface area contributed by atoms with Crippen LogP contribution in [-0.4, -0.2) is 43.9 Å². The maximum absolute atomic E-state index is 12.4. The minimum absolute atomic E-state index is 0.0768. The highest BCUT2D eigenvalue weighted by Crippen LogP contribution is 2.32. The summed E-state index contributed by atoms with van der Waals surface area (Å²) in [7, 11) is 0. The Kier molecular flexibility index (Phi) is 8.89. The summed E-state index contributed by atoms with van der Waals surface area (Å²) in [6.07, 6.45) is 7.68. The summed E-state index contributed by atoms with van der Waals surface area (Å²) in [5.41, 5.74) is 10.4. The van der Waals surface area contributed by atoms with Gasteiger partial charge in [0.1, 0.15) is 0 Å². The van der Waals surface area contributed by atoms with Crippen molar-refractivity contribution in [1.29, 1.82) is 0 Å². The number of amides is 2. The van der Waals surface area contributed by atoms with Crippen LogP contribution in [0.15, 0.2) is 52.9 Å². The van der Waals surface area contributed by atoms with E-state index in [-0.39, 0.29) is 37.5 Å². The molecule has 2 aromatic heterocycles. The minimum atomic E-state index is -0.961. The van der Waals surface area contributed by atoms with Gasteiger partial charge >= 0.3 is 11.9 Å². The highest BCUT2D eigenvalue weighted by atomic mass is 16.4. The Hall–Kier alpha value is -5.12. The lowest BCUT2D eigenvalue weighted by atomic mass is 9.99. The van der Waals surface area contributed by atoms with Gasteiger partial charge in [0.05, 0.1) is 0 Å². The second-order valence-corrected chi connectivity index (χ2v) is 10.7. The van der Waals surface area contributed by atoms with Crippen LogP contribution in [0, 0.1) is 13.8 Å². The van der Waals surface area contributed by atoms with Crippen LogP contribution in [0.25, 0.3) is 18.2 Å². The van der Waals surface area contributed by atoms with E-state index in [2.05, 4.69) is 33.8 Å². The van der Waals surface area contributed by atoms with Crippen molar-refractivity contribution in [1.82, 2.24) is 20.6 Å². The van der Waals surface area contributed by atoms with Crippen molar-refractivity contribution in [2.75, 3.05) is 0 Å². The third kappa shape index (κ3) is 6.23. The Bertz CT molecular complexity index is 1710. The van der Waals surface area contributed by atoms with E-state index in [1.54, 1.807) is 19.1 Å². The normalized spacial score (nSPS) is 16.8. The number of aromatic nitrogens is 2. The van der Waals surface area contributed by atoms with E-state index in [0.717, 1.165) is 44.9 Å². The van der Waals surface area contributed by atoms with Crippen LogP contribution in [0.4, 0.5) is 0 Å². The quantitative estimate of drug-likeness (QED) is 0.209. The van der Waals surface area contributed by atoms with E-state index < -0.39 is 11.9 Å². The molecule has 10 nitrogen and oxygen atoms in total. The minimum Gasteiger partial charge on any atom is -0.481 e. The Morgan fingerprint density at radius 1 is 0.744 bits per heavy atom. The summed E-state index contributed by atoms with van der Waals surface area (Å²) >= 11 is 0. The number of hydrogen-bond donors (Lipinski definition) is 6. The lowest BCUT2D eigenvalue weighted by Gasteiger charge is -2.06. The van der Waals surface area contributed by atoms with Crippen molar-refractivity contribution >= 4 is 42.0 Å². The Morgan fingerprint density at radius 2 is 1.33 bits per heavy atom. The molecule has 0 saturated heterocycles. The first-order chi connectivity index (χ1) is 20.4. The molecule has 0 atom stereocenters. The van der Waals surface area contributed by atoms with Gasteiger partial charge in [-0.15, -0.1) is 0 Å². The van der Waals surface area contributed by atoms with Crippen molar-refractivity contribution in [2.45, 2.75) is 59.8 Å². The average molecular weight is 585 g/mol. The molecule has 6 N–H and O–H groups in total. The fraction of sp³-hybridized carbons (Fsp3) is 0.273. The zero-order valence-corrected chi connectivity index (χ0v) is 24.8. The number of carbonyl (C=O) groups is 4. The first-order valence-electron chi connectivity index (χ1n) is 13.9. The molecule has 43 heavy (non-hydrogen) atoms. The summed E-state index contributed by atoms with van der Waals surface area (Å²) in [5, 5.41) is 24.3. The van der Waals surface area contributed by atoms with E-state index in [1.807, 2.05) is 26.8 Å². The lowest BCUT2D eigenvalue weighted by Crippen LogP contribution is -2.15. The molecular formula is C33H36N4O6. The molecule has 2 aliphatic rings. The number of aromatic amines is 2. The fourth-order valence-corrected chi connectivity index (χ4v) is 5.57. The second-order valence-electron chi connectivity index (χ2n) is 10.7. The van der Waals surface area contributed by atoms with Crippen molar-refractivity contribution in [3.05, 3.63) is 97.9 Å². The molecule has 4 rings (SSSR count). The Morgan fingerprint density at radius 3 is 1.93 bits per heavy atom. The zero-order chi connectivity index (χ0) is 31.6. The number of allylic oxidation sites excluding steroid dienone is 2. The van der Waals surface area contributed by atoms with Gasteiger partial charge < -0.3 is 30.8 Å². The zero-order valence-electron chi connectivity index (χ0n) is 24.8. The van der Waals surface area contributed by atoms with Gasteiger partial charge in [-0.2, -0.15) is 0 Å². The van der Waals surface area contributed by atoms with Gasteiger partial charge in [0.25, 0.3) is 11.8 Å². The monoisotopic (exact) mass is 584 g/mol. The molecule has 0 bridgehead atoms. The van der Waals surface area contributed by atoms with Crippen molar-refractivity contribution in [3.8, 4) is 0 Å². The van der Waals surface area contributed by atoms with Gasteiger partial charge in [-0.3, -0.25) is 19.2 Å². The molecule has 10 heteroatoms. The number of carboxylic acid groups (broad SMARTS) is 2. The summed E-state index contributed by atoms with van der Waals surface area (Å²) in [4.78, 5) is 54.3. The first-order valence-corrected chi connectivity index (χ1v) is 13.9. The van der Waals surface area contributed by atoms with Crippen molar-refractivity contribution in [3.63, 3.8) is 0 Å². The third-order valence-corrected chi connectivity index (χ3v) is 8.13. The smallest absolute Gasteiger partial charge is 0.303 e. The molecule has 0 radical (unpaired) electrons. The number of hydrogen-bond acceptors (Lipinski definition) is 4. The predicted molar refractivity (Wildman–Crippen MR) is 165 cm³/mol. The highest BCUT2D eigenvalue weighted by molar-refractivity contribution is 6.03. The van der Waals surface area contributed by atoms with Crippen LogP contribution in [0.2, 0.25) is 0 Å². The third-order valence-electron chi connectivity index (χ3n) is 8.13. The van der Waals surface area contributed by atoms with E-state index in [1.165, 1.54) is 6.08 Å². The highest BCUT2D eigenvalue weighted by Gasteiger charge is 2.26. The van der Waals surface area contributed by atoms with E-state index in [0.29, 0.717) is 40.2 Å². The standard InChI is InChI=1S/C33H36N4O6/c1-7-20-16(3)24(34-27(20)14-26-17(4)21(8-2)33(43)36-26)13-25-18(5)22(9-11-30(38)39)28(35-25)15-29-23(10-12-31(40)41)19(6)32(42)37-29/h7-8,14-15,34-35H,1-2,9-13H2,3-6H3,(H,36,43)(H,37,42)(H,38,39)(H,40,41)/b26-14-,29-15-. The van der Waals surface area contributed by atoms with Crippen LogP contribution in [-0.2, 0) is 32.0 Å². The number of H-pyrrole nitrogens is 2. The number of carboxylic acids is 2. The van der Waals surface area contributed by atoms with Gasteiger partial charge in [-0.1, -0.05) is 25.3 Å². The van der Waals surface area contributed by atoms with E-state index in [4.69, 9.17) is 0 Å². The van der Waals surface area contributed by atoms with E-state index >= 15 is 0 Å². The van der Waals surface area contributed by atoms with Gasteiger partial charge in [-0.25, -0.2) is 0 Å². The summed E-state index contributed by atoms with van der Waals surface area (Å²) < 4.78 is 0. The molecule has 2 aliphatic heterocycles. The molecule has 0 spiro atoms. The maximum atomic E-state index is 12.4. The molecule has 0 aliphatic carbocycles. The predicted octanol–water partition coefficient (Wildman–Crippen LogP) is 4.84. The number of carbonyl (C=O) groups excluding carboxylic acids is 2. The van der Waals surface area contributed by atoms with Crippen molar-refractivity contribution < 1.29 is 29.4 Å². The maximum Gasteiger partial charge on any atom is 0.303 e.